The Morgan fingerprint density at radius 2 is 2.20 bits per heavy atom. The number of pyridine rings is 1. The van der Waals surface area contributed by atoms with Gasteiger partial charge in [0.05, 0.1) is 31.2 Å². The van der Waals surface area contributed by atoms with Crippen LogP contribution in [0.25, 0.3) is 0 Å². The van der Waals surface area contributed by atoms with Gasteiger partial charge in [0.15, 0.2) is 0 Å². The second kappa shape index (κ2) is 8.17. The molecule has 4 rings (SSSR count). The van der Waals surface area contributed by atoms with Crippen LogP contribution >= 0.6 is 15.9 Å². The number of ether oxygens (including phenoxy) is 3. The summed E-state index contributed by atoms with van der Waals surface area (Å²) in [5, 5.41) is 9.85. The number of halogens is 1. The normalized spacial score (nSPS) is 20.5. The number of methoxy groups -OCH3 is 1. The van der Waals surface area contributed by atoms with Crippen LogP contribution in [-0.2, 0) is 11.3 Å². The quantitative estimate of drug-likeness (QED) is 0.733. The third-order valence-corrected chi connectivity index (χ3v) is 6.10. The van der Waals surface area contributed by atoms with Gasteiger partial charge < -0.3 is 24.5 Å². The molecule has 7 nitrogen and oxygen atoms in total. The van der Waals surface area contributed by atoms with Crippen LogP contribution in [0.15, 0.2) is 45.0 Å². The number of hydrogen-bond donors (Lipinski definition) is 1. The number of nitriles is 1. The van der Waals surface area contributed by atoms with Crippen molar-refractivity contribution >= 4 is 15.9 Å². The lowest BCUT2D eigenvalue weighted by molar-refractivity contribution is 0.0954. The molecule has 0 aliphatic carbocycles. The largest absolute Gasteiger partial charge is 0.496 e. The summed E-state index contributed by atoms with van der Waals surface area (Å²) in [6, 6.07) is 9.40. The van der Waals surface area contributed by atoms with Crippen LogP contribution in [-0.4, -0.2) is 24.4 Å². The number of allylic oxidation sites excluding steroid dienone is 1. The molecule has 3 heterocycles. The van der Waals surface area contributed by atoms with E-state index < -0.39 is 5.92 Å². The van der Waals surface area contributed by atoms with E-state index in [-0.39, 0.29) is 23.1 Å². The molecule has 0 bridgehead atoms. The predicted octanol–water partition coefficient (Wildman–Crippen LogP) is 3.33. The lowest BCUT2D eigenvalue weighted by Gasteiger charge is -2.28. The second-order valence-electron chi connectivity index (χ2n) is 7.43. The molecule has 2 N–H and O–H groups in total. The van der Waals surface area contributed by atoms with Crippen LogP contribution in [0.2, 0.25) is 0 Å². The summed E-state index contributed by atoms with van der Waals surface area (Å²) >= 11 is 3.48. The van der Waals surface area contributed by atoms with E-state index >= 15 is 0 Å². The van der Waals surface area contributed by atoms with Crippen molar-refractivity contribution in [2.24, 2.45) is 5.73 Å². The van der Waals surface area contributed by atoms with Gasteiger partial charge in [-0.25, -0.2) is 0 Å². The maximum Gasteiger partial charge on any atom is 0.258 e. The Balaban J connectivity index is 1.94. The predicted molar refractivity (Wildman–Crippen MR) is 114 cm³/mol. The summed E-state index contributed by atoms with van der Waals surface area (Å²) in [6.45, 7) is 3.03. The van der Waals surface area contributed by atoms with Crippen LogP contribution in [0.4, 0.5) is 0 Å². The molecule has 0 saturated carbocycles. The van der Waals surface area contributed by atoms with E-state index in [1.807, 2.05) is 19.1 Å². The summed E-state index contributed by atoms with van der Waals surface area (Å²) in [5.74, 6) is 0.217. The third kappa shape index (κ3) is 3.48. The first-order chi connectivity index (χ1) is 14.4. The van der Waals surface area contributed by atoms with Gasteiger partial charge in [-0.2, -0.15) is 5.26 Å². The average Bonchev–Trinajstić information content (AvgIpc) is 3.23. The van der Waals surface area contributed by atoms with Gasteiger partial charge in [-0.3, -0.25) is 4.79 Å². The minimum Gasteiger partial charge on any atom is -0.496 e. The number of hydrogen-bond acceptors (Lipinski definition) is 6. The third-order valence-electron chi connectivity index (χ3n) is 5.60. The fraction of sp³-hybridized carbons (Fsp3) is 0.364. The number of aryl methyl sites for hydroxylation is 1. The molecule has 2 aliphatic heterocycles. The van der Waals surface area contributed by atoms with Gasteiger partial charge in [0.25, 0.3) is 5.56 Å². The first-order valence-electron chi connectivity index (χ1n) is 9.71. The molecule has 0 radical (unpaired) electrons. The van der Waals surface area contributed by atoms with E-state index in [9.17, 15) is 10.1 Å². The molecule has 2 atom stereocenters. The molecule has 2 unspecified atom stereocenters. The summed E-state index contributed by atoms with van der Waals surface area (Å²) in [5.41, 5.74) is 7.85. The van der Waals surface area contributed by atoms with E-state index in [0.717, 1.165) is 23.0 Å². The Bertz CT molecular complexity index is 1130. The first kappa shape index (κ1) is 20.5. The smallest absolute Gasteiger partial charge is 0.258 e. The highest BCUT2D eigenvalue weighted by atomic mass is 79.9. The number of rotatable bonds is 4. The molecule has 1 fully saturated rings. The van der Waals surface area contributed by atoms with Crippen molar-refractivity contribution in [1.82, 2.24) is 4.57 Å². The van der Waals surface area contributed by atoms with Crippen LogP contribution in [0, 0.1) is 18.3 Å². The molecule has 1 saturated heterocycles. The van der Waals surface area contributed by atoms with E-state index in [2.05, 4.69) is 22.0 Å². The van der Waals surface area contributed by atoms with Crippen molar-refractivity contribution in [3.63, 3.8) is 0 Å². The number of aromatic nitrogens is 1. The van der Waals surface area contributed by atoms with Gasteiger partial charge in [0.2, 0.25) is 5.88 Å². The lowest BCUT2D eigenvalue weighted by Crippen LogP contribution is -2.35. The van der Waals surface area contributed by atoms with Gasteiger partial charge in [0.1, 0.15) is 23.1 Å². The summed E-state index contributed by atoms with van der Waals surface area (Å²) in [4.78, 5) is 13.7. The lowest BCUT2D eigenvalue weighted by atomic mass is 9.83. The summed E-state index contributed by atoms with van der Waals surface area (Å²) in [7, 11) is 1.55. The van der Waals surface area contributed by atoms with E-state index in [0.29, 0.717) is 35.8 Å². The van der Waals surface area contributed by atoms with E-state index in [1.165, 1.54) is 0 Å². The zero-order chi connectivity index (χ0) is 21.4. The molecule has 2 aromatic rings. The number of fused-ring (bicyclic) bond motifs is 1. The monoisotopic (exact) mass is 471 g/mol. The molecule has 1 aromatic heterocycles. The Morgan fingerprint density at radius 1 is 1.40 bits per heavy atom. The fourth-order valence-electron chi connectivity index (χ4n) is 4.15. The maximum atomic E-state index is 13.7. The Kier molecular flexibility index (Phi) is 5.58. The van der Waals surface area contributed by atoms with Crippen LogP contribution in [0.5, 0.6) is 11.5 Å². The van der Waals surface area contributed by atoms with Gasteiger partial charge >= 0.3 is 0 Å². The fourth-order valence-corrected chi connectivity index (χ4v) is 4.53. The number of nitrogens with two attached hydrogens (primary N) is 1. The summed E-state index contributed by atoms with van der Waals surface area (Å²) < 4.78 is 19.5. The second-order valence-corrected chi connectivity index (χ2v) is 8.34. The highest BCUT2D eigenvalue weighted by molar-refractivity contribution is 9.10. The van der Waals surface area contributed by atoms with Crippen molar-refractivity contribution in [2.75, 3.05) is 13.7 Å². The van der Waals surface area contributed by atoms with Gasteiger partial charge in [-0.05, 0) is 38.0 Å². The number of nitrogens with zero attached hydrogens (tertiary/aromatic N) is 2. The van der Waals surface area contributed by atoms with Gasteiger partial charge in [-0.15, -0.1) is 0 Å². The highest BCUT2D eigenvalue weighted by Gasteiger charge is 2.36. The van der Waals surface area contributed by atoms with Crippen molar-refractivity contribution in [2.45, 2.75) is 38.3 Å². The molecule has 156 valence electrons. The molecular formula is C22H22BrN3O4. The molecule has 0 amide bonds. The van der Waals surface area contributed by atoms with Gasteiger partial charge in [-0.1, -0.05) is 15.9 Å². The van der Waals surface area contributed by atoms with Crippen LogP contribution in [0.3, 0.4) is 0 Å². The van der Waals surface area contributed by atoms with Crippen molar-refractivity contribution in [3.8, 4) is 17.6 Å². The Hall–Kier alpha value is -2.76. The SMILES string of the molecule is COc1ccc(Br)cc1C1C(C#N)=C(N)Oc2cc(C)n(CC3CCCO3)c(=O)c21. The van der Waals surface area contributed by atoms with Crippen molar-refractivity contribution in [1.29, 1.82) is 5.26 Å². The van der Waals surface area contributed by atoms with Crippen LogP contribution in [0.1, 0.15) is 35.6 Å². The first-order valence-corrected chi connectivity index (χ1v) is 10.5. The molecule has 1 aromatic carbocycles. The topological polar surface area (TPSA) is 99.5 Å². The van der Waals surface area contributed by atoms with Gasteiger partial charge in [0, 0.05) is 28.4 Å². The number of benzene rings is 1. The maximum absolute atomic E-state index is 13.7. The minimum absolute atomic E-state index is 0.00105. The van der Waals surface area contributed by atoms with E-state index in [1.54, 1.807) is 23.8 Å². The zero-order valence-corrected chi connectivity index (χ0v) is 18.4. The molecule has 2 aliphatic rings. The average molecular weight is 472 g/mol. The summed E-state index contributed by atoms with van der Waals surface area (Å²) in [6.07, 6.45) is 1.90. The molecule has 8 heteroatoms. The molecular weight excluding hydrogens is 450 g/mol. The minimum atomic E-state index is -0.699. The standard InChI is InChI=1S/C22H22BrN3O4/c1-12-8-18-20(22(27)26(12)11-14-4-3-7-29-14)19(16(10-24)21(25)30-18)15-9-13(23)5-6-17(15)28-2/h5-6,8-9,14,19H,3-4,7,11,25H2,1-2H3. The van der Waals surface area contributed by atoms with Crippen LogP contribution < -0.4 is 20.8 Å². The van der Waals surface area contributed by atoms with Crippen molar-refractivity contribution < 1.29 is 14.2 Å². The Labute approximate surface area is 182 Å². The van der Waals surface area contributed by atoms with E-state index in [4.69, 9.17) is 19.9 Å². The molecule has 30 heavy (non-hydrogen) atoms. The van der Waals surface area contributed by atoms with Crippen molar-refractivity contribution in [3.05, 3.63) is 67.4 Å². The highest BCUT2D eigenvalue weighted by Crippen LogP contribution is 2.44. The zero-order valence-electron chi connectivity index (χ0n) is 16.8. The Morgan fingerprint density at radius 3 is 2.87 bits per heavy atom. The molecule has 0 spiro atoms.